The molecule has 1 saturated heterocycles. The van der Waals surface area contributed by atoms with Crippen LogP contribution >= 0.6 is 0 Å². The van der Waals surface area contributed by atoms with E-state index in [1.165, 1.54) is 0 Å². The number of hydrogen-bond acceptors (Lipinski definition) is 2. The third kappa shape index (κ3) is 2.36. The minimum atomic E-state index is -0.0528. The molecule has 0 amide bonds. The van der Waals surface area contributed by atoms with Gasteiger partial charge in [0.2, 0.25) is 0 Å². The van der Waals surface area contributed by atoms with Crippen LogP contribution in [0.1, 0.15) is 12.8 Å². The maximum absolute atomic E-state index is 5.26. The zero-order valence-electron chi connectivity index (χ0n) is 6.01. The highest BCUT2D eigenvalue weighted by Gasteiger charge is 2.11. The third-order valence-corrected chi connectivity index (χ3v) is 1.35. The SMILES string of the molecule is C=C=CCC1OCCCO1. The van der Waals surface area contributed by atoms with E-state index in [2.05, 4.69) is 12.3 Å². The summed E-state index contributed by atoms with van der Waals surface area (Å²) < 4.78 is 10.5. The summed E-state index contributed by atoms with van der Waals surface area (Å²) in [5.41, 5.74) is 2.68. The van der Waals surface area contributed by atoms with E-state index in [9.17, 15) is 0 Å². The maximum Gasteiger partial charge on any atom is 0.161 e. The smallest absolute Gasteiger partial charge is 0.161 e. The summed E-state index contributed by atoms with van der Waals surface area (Å²) in [6, 6.07) is 0. The molecular weight excluding hydrogens is 128 g/mol. The van der Waals surface area contributed by atoms with Gasteiger partial charge in [-0.1, -0.05) is 6.58 Å². The molecule has 0 aliphatic carbocycles. The van der Waals surface area contributed by atoms with Crippen molar-refractivity contribution in [2.24, 2.45) is 0 Å². The molecule has 56 valence electrons. The van der Waals surface area contributed by atoms with Crippen LogP contribution in [0.4, 0.5) is 0 Å². The first-order valence-corrected chi connectivity index (χ1v) is 3.51. The summed E-state index contributed by atoms with van der Waals surface area (Å²) in [6.07, 6.45) is 3.55. The zero-order chi connectivity index (χ0) is 7.23. The average molecular weight is 140 g/mol. The normalized spacial score (nSPS) is 20.0. The van der Waals surface area contributed by atoms with Gasteiger partial charge in [0, 0.05) is 6.42 Å². The van der Waals surface area contributed by atoms with Crippen molar-refractivity contribution >= 4 is 0 Å². The van der Waals surface area contributed by atoms with Crippen LogP contribution in [-0.4, -0.2) is 19.5 Å². The van der Waals surface area contributed by atoms with E-state index < -0.39 is 0 Å². The van der Waals surface area contributed by atoms with E-state index >= 15 is 0 Å². The first-order chi connectivity index (χ1) is 4.93. The van der Waals surface area contributed by atoms with Gasteiger partial charge in [-0.2, -0.15) is 0 Å². The molecule has 0 unspecified atom stereocenters. The monoisotopic (exact) mass is 140 g/mol. The molecule has 2 heteroatoms. The Labute approximate surface area is 61.1 Å². The fraction of sp³-hybridized carbons (Fsp3) is 0.625. The molecule has 0 atom stereocenters. The molecule has 0 spiro atoms. The van der Waals surface area contributed by atoms with Gasteiger partial charge in [0.25, 0.3) is 0 Å². The molecule has 1 heterocycles. The first-order valence-electron chi connectivity index (χ1n) is 3.51. The molecule has 1 aliphatic heterocycles. The lowest BCUT2D eigenvalue weighted by Crippen LogP contribution is -2.23. The fourth-order valence-electron chi connectivity index (χ4n) is 0.852. The Morgan fingerprint density at radius 2 is 2.20 bits per heavy atom. The van der Waals surface area contributed by atoms with Gasteiger partial charge in [0.05, 0.1) is 13.2 Å². The van der Waals surface area contributed by atoms with Crippen molar-refractivity contribution in [3.63, 3.8) is 0 Å². The molecule has 1 fully saturated rings. The molecule has 1 rings (SSSR count). The lowest BCUT2D eigenvalue weighted by Gasteiger charge is -2.21. The second kappa shape index (κ2) is 4.29. The van der Waals surface area contributed by atoms with E-state index in [0.29, 0.717) is 0 Å². The van der Waals surface area contributed by atoms with Gasteiger partial charge in [-0.25, -0.2) is 0 Å². The van der Waals surface area contributed by atoms with Gasteiger partial charge in [0.1, 0.15) is 0 Å². The van der Waals surface area contributed by atoms with Crippen molar-refractivity contribution in [1.82, 2.24) is 0 Å². The Bertz CT molecular complexity index is 130. The standard InChI is InChI=1S/C8H12O2/c1-2-3-5-8-9-6-4-7-10-8/h3,8H,1,4-7H2. The fourth-order valence-corrected chi connectivity index (χ4v) is 0.852. The number of ether oxygens (including phenoxy) is 2. The van der Waals surface area contributed by atoms with Gasteiger partial charge in [-0.3, -0.25) is 0 Å². The molecule has 0 saturated carbocycles. The topological polar surface area (TPSA) is 18.5 Å². The molecule has 10 heavy (non-hydrogen) atoms. The summed E-state index contributed by atoms with van der Waals surface area (Å²) in [7, 11) is 0. The molecule has 0 aromatic carbocycles. The van der Waals surface area contributed by atoms with E-state index in [0.717, 1.165) is 26.1 Å². The van der Waals surface area contributed by atoms with E-state index in [1.54, 1.807) is 0 Å². The summed E-state index contributed by atoms with van der Waals surface area (Å²) in [4.78, 5) is 0. The van der Waals surface area contributed by atoms with Gasteiger partial charge in [-0.15, -0.1) is 5.73 Å². The Kier molecular flexibility index (Phi) is 3.23. The van der Waals surface area contributed by atoms with Crippen LogP contribution in [-0.2, 0) is 9.47 Å². The van der Waals surface area contributed by atoms with Crippen LogP contribution in [0.15, 0.2) is 18.4 Å². The van der Waals surface area contributed by atoms with Crippen molar-refractivity contribution in [3.05, 3.63) is 18.4 Å². The van der Waals surface area contributed by atoms with Crippen LogP contribution in [0.2, 0.25) is 0 Å². The lowest BCUT2D eigenvalue weighted by atomic mass is 10.3. The third-order valence-electron chi connectivity index (χ3n) is 1.35. The minimum Gasteiger partial charge on any atom is -0.352 e. The number of rotatable bonds is 2. The average Bonchev–Trinajstić information content (AvgIpc) is 2.03. The van der Waals surface area contributed by atoms with Crippen molar-refractivity contribution in [3.8, 4) is 0 Å². The molecule has 0 aromatic rings. The van der Waals surface area contributed by atoms with E-state index in [1.807, 2.05) is 6.08 Å². The van der Waals surface area contributed by atoms with Crippen molar-refractivity contribution < 1.29 is 9.47 Å². The highest BCUT2D eigenvalue weighted by Crippen LogP contribution is 2.07. The van der Waals surface area contributed by atoms with Gasteiger partial charge in [-0.05, 0) is 12.5 Å². The van der Waals surface area contributed by atoms with Gasteiger partial charge < -0.3 is 9.47 Å². The van der Waals surface area contributed by atoms with E-state index in [-0.39, 0.29) is 6.29 Å². The Hall–Kier alpha value is -0.560. The highest BCUT2D eigenvalue weighted by molar-refractivity contribution is 4.77. The van der Waals surface area contributed by atoms with Gasteiger partial charge >= 0.3 is 0 Å². The highest BCUT2D eigenvalue weighted by atomic mass is 16.7. The van der Waals surface area contributed by atoms with Crippen molar-refractivity contribution in [2.75, 3.05) is 13.2 Å². The van der Waals surface area contributed by atoms with Crippen LogP contribution in [0.25, 0.3) is 0 Å². The molecule has 0 radical (unpaired) electrons. The predicted octanol–water partition coefficient (Wildman–Crippen LogP) is 1.48. The lowest BCUT2D eigenvalue weighted by molar-refractivity contribution is -0.175. The van der Waals surface area contributed by atoms with Crippen LogP contribution in [0, 0.1) is 0 Å². The predicted molar refractivity (Wildman–Crippen MR) is 38.6 cm³/mol. The Balaban J connectivity index is 2.19. The first kappa shape index (κ1) is 7.55. The summed E-state index contributed by atoms with van der Waals surface area (Å²) in [6.45, 7) is 5.08. The van der Waals surface area contributed by atoms with Gasteiger partial charge in [0.15, 0.2) is 6.29 Å². The molecule has 2 nitrogen and oxygen atoms in total. The van der Waals surface area contributed by atoms with Crippen molar-refractivity contribution in [2.45, 2.75) is 19.1 Å². The molecular formula is C8H12O2. The molecule has 0 bridgehead atoms. The zero-order valence-corrected chi connectivity index (χ0v) is 6.01. The Morgan fingerprint density at radius 3 is 2.80 bits per heavy atom. The largest absolute Gasteiger partial charge is 0.352 e. The summed E-state index contributed by atoms with van der Waals surface area (Å²) in [5.74, 6) is 0. The van der Waals surface area contributed by atoms with Crippen LogP contribution in [0.5, 0.6) is 0 Å². The van der Waals surface area contributed by atoms with Crippen LogP contribution < -0.4 is 0 Å². The minimum absolute atomic E-state index is 0.0528. The van der Waals surface area contributed by atoms with E-state index in [4.69, 9.17) is 9.47 Å². The molecule has 0 N–H and O–H groups in total. The quantitative estimate of drug-likeness (QED) is 0.541. The molecule has 0 aromatic heterocycles. The molecule has 1 aliphatic rings. The van der Waals surface area contributed by atoms with Crippen LogP contribution in [0.3, 0.4) is 0 Å². The maximum atomic E-state index is 5.26. The summed E-state index contributed by atoms with van der Waals surface area (Å²) in [5, 5.41) is 0. The van der Waals surface area contributed by atoms with Crippen molar-refractivity contribution in [1.29, 1.82) is 0 Å². The summed E-state index contributed by atoms with van der Waals surface area (Å²) >= 11 is 0. The second-order valence-corrected chi connectivity index (χ2v) is 2.17. The second-order valence-electron chi connectivity index (χ2n) is 2.17. The number of hydrogen-bond donors (Lipinski definition) is 0. The Morgan fingerprint density at radius 1 is 1.50 bits per heavy atom.